The molecule has 6 heteroatoms. The van der Waals surface area contributed by atoms with Crippen LogP contribution in [0.4, 0.5) is 4.79 Å². The SMILES string of the molecule is Cc1ccoc1C(=O)N(C)CCN(C)C(=O)OC(C)(C)C. The fraction of sp³-hybridized carbons (Fsp3) is 0.600. The van der Waals surface area contributed by atoms with Crippen molar-refractivity contribution < 1.29 is 18.7 Å². The second-order valence-corrected chi connectivity index (χ2v) is 6.06. The molecule has 0 fully saturated rings. The van der Waals surface area contributed by atoms with Gasteiger partial charge in [0.15, 0.2) is 5.76 Å². The fourth-order valence-electron chi connectivity index (χ4n) is 1.60. The number of hydrogen-bond donors (Lipinski definition) is 0. The summed E-state index contributed by atoms with van der Waals surface area (Å²) in [4.78, 5) is 26.9. The molecule has 21 heavy (non-hydrogen) atoms. The van der Waals surface area contributed by atoms with Gasteiger partial charge in [-0.05, 0) is 33.8 Å². The highest BCUT2D eigenvalue weighted by atomic mass is 16.6. The maximum atomic E-state index is 12.1. The molecule has 2 amide bonds. The zero-order valence-corrected chi connectivity index (χ0v) is 13.6. The molecular formula is C15H24N2O4. The lowest BCUT2D eigenvalue weighted by atomic mass is 10.2. The molecule has 0 saturated heterocycles. The van der Waals surface area contributed by atoms with Crippen LogP contribution >= 0.6 is 0 Å². The molecule has 1 aromatic rings. The average Bonchev–Trinajstić information content (AvgIpc) is 2.78. The van der Waals surface area contributed by atoms with Crippen molar-refractivity contribution in [2.24, 2.45) is 0 Å². The van der Waals surface area contributed by atoms with E-state index in [1.54, 1.807) is 20.2 Å². The first-order valence-electron chi connectivity index (χ1n) is 6.85. The molecule has 0 bridgehead atoms. The highest BCUT2D eigenvalue weighted by molar-refractivity contribution is 5.92. The lowest BCUT2D eigenvalue weighted by Gasteiger charge is -2.26. The van der Waals surface area contributed by atoms with Gasteiger partial charge in [0, 0.05) is 32.7 Å². The van der Waals surface area contributed by atoms with Gasteiger partial charge in [0.25, 0.3) is 5.91 Å². The van der Waals surface area contributed by atoms with Crippen molar-refractivity contribution in [2.45, 2.75) is 33.3 Å². The van der Waals surface area contributed by atoms with Gasteiger partial charge in [-0.25, -0.2) is 4.79 Å². The molecule has 0 unspecified atom stereocenters. The van der Waals surface area contributed by atoms with E-state index in [2.05, 4.69) is 0 Å². The van der Waals surface area contributed by atoms with Crippen LogP contribution in [-0.4, -0.2) is 54.6 Å². The molecule has 1 heterocycles. The molecule has 1 aromatic heterocycles. The molecular weight excluding hydrogens is 272 g/mol. The van der Waals surface area contributed by atoms with Crippen molar-refractivity contribution in [3.05, 3.63) is 23.7 Å². The number of hydrogen-bond acceptors (Lipinski definition) is 4. The van der Waals surface area contributed by atoms with Gasteiger partial charge >= 0.3 is 6.09 Å². The maximum Gasteiger partial charge on any atom is 0.410 e. The van der Waals surface area contributed by atoms with E-state index < -0.39 is 11.7 Å². The van der Waals surface area contributed by atoms with Crippen molar-refractivity contribution in [2.75, 3.05) is 27.2 Å². The number of rotatable bonds is 4. The molecule has 6 nitrogen and oxygen atoms in total. The van der Waals surface area contributed by atoms with Gasteiger partial charge in [-0.1, -0.05) is 0 Å². The molecule has 0 aliphatic rings. The lowest BCUT2D eigenvalue weighted by molar-refractivity contribution is 0.0282. The molecule has 0 N–H and O–H groups in total. The van der Waals surface area contributed by atoms with E-state index in [9.17, 15) is 9.59 Å². The largest absolute Gasteiger partial charge is 0.459 e. The van der Waals surface area contributed by atoms with Crippen LogP contribution in [0.3, 0.4) is 0 Å². The van der Waals surface area contributed by atoms with Crippen molar-refractivity contribution in [3.63, 3.8) is 0 Å². The summed E-state index contributed by atoms with van der Waals surface area (Å²) in [6.07, 6.45) is 1.08. The Bertz CT molecular complexity index is 502. The normalized spacial score (nSPS) is 11.1. The van der Waals surface area contributed by atoms with Crippen LogP contribution in [0, 0.1) is 6.92 Å². The molecule has 0 aromatic carbocycles. The summed E-state index contributed by atoms with van der Waals surface area (Å²) in [5, 5.41) is 0. The summed E-state index contributed by atoms with van der Waals surface area (Å²) in [6, 6.07) is 1.74. The highest BCUT2D eigenvalue weighted by Gasteiger charge is 2.21. The van der Waals surface area contributed by atoms with E-state index in [-0.39, 0.29) is 5.91 Å². The molecule has 0 atom stereocenters. The Morgan fingerprint density at radius 2 is 1.76 bits per heavy atom. The Morgan fingerprint density at radius 1 is 1.19 bits per heavy atom. The Labute approximate surface area is 125 Å². The van der Waals surface area contributed by atoms with Gasteiger partial charge < -0.3 is 19.0 Å². The van der Waals surface area contributed by atoms with Crippen LogP contribution in [0.5, 0.6) is 0 Å². The van der Waals surface area contributed by atoms with Crippen LogP contribution in [0.1, 0.15) is 36.9 Å². The van der Waals surface area contributed by atoms with Gasteiger partial charge in [0.1, 0.15) is 5.60 Å². The molecule has 0 saturated carbocycles. The number of amides is 2. The summed E-state index contributed by atoms with van der Waals surface area (Å²) >= 11 is 0. The summed E-state index contributed by atoms with van der Waals surface area (Å²) in [5.74, 6) is 0.132. The molecule has 0 spiro atoms. The predicted molar refractivity (Wildman–Crippen MR) is 79.3 cm³/mol. The summed E-state index contributed by atoms with van der Waals surface area (Å²) in [6.45, 7) is 8.04. The third-order valence-electron chi connectivity index (χ3n) is 2.88. The average molecular weight is 296 g/mol. The minimum Gasteiger partial charge on any atom is -0.459 e. The molecule has 118 valence electrons. The van der Waals surface area contributed by atoms with Crippen molar-refractivity contribution in [3.8, 4) is 0 Å². The predicted octanol–water partition coefficient (Wildman–Crippen LogP) is 2.53. The third-order valence-corrected chi connectivity index (χ3v) is 2.88. The van der Waals surface area contributed by atoms with Gasteiger partial charge in [-0.15, -0.1) is 0 Å². The summed E-state index contributed by atoms with van der Waals surface area (Å²) < 4.78 is 10.4. The molecule has 0 aliphatic heterocycles. The fourth-order valence-corrected chi connectivity index (χ4v) is 1.60. The minimum absolute atomic E-state index is 0.199. The van der Waals surface area contributed by atoms with Crippen molar-refractivity contribution >= 4 is 12.0 Å². The molecule has 0 radical (unpaired) electrons. The van der Waals surface area contributed by atoms with E-state index in [0.717, 1.165) is 5.56 Å². The Hall–Kier alpha value is -1.98. The second-order valence-electron chi connectivity index (χ2n) is 6.06. The Kier molecular flexibility index (Phi) is 5.41. The topological polar surface area (TPSA) is 63.0 Å². The van der Waals surface area contributed by atoms with Crippen LogP contribution in [0.25, 0.3) is 0 Å². The quantitative estimate of drug-likeness (QED) is 0.856. The molecule has 0 aliphatic carbocycles. The van der Waals surface area contributed by atoms with E-state index in [4.69, 9.17) is 9.15 Å². The van der Waals surface area contributed by atoms with E-state index in [1.807, 2.05) is 27.7 Å². The number of ether oxygens (including phenoxy) is 1. The van der Waals surface area contributed by atoms with Crippen LogP contribution in [0.15, 0.2) is 16.7 Å². The van der Waals surface area contributed by atoms with E-state index in [1.165, 1.54) is 16.1 Å². The van der Waals surface area contributed by atoms with Gasteiger partial charge in [-0.2, -0.15) is 0 Å². The zero-order chi connectivity index (χ0) is 16.2. The highest BCUT2D eigenvalue weighted by Crippen LogP contribution is 2.12. The standard InChI is InChI=1S/C15H24N2O4/c1-11-7-10-20-12(11)13(18)16(5)8-9-17(6)14(19)21-15(2,3)4/h7,10H,8-9H2,1-6H3. The van der Waals surface area contributed by atoms with E-state index >= 15 is 0 Å². The number of likely N-dealkylation sites (N-methyl/N-ethyl adjacent to an activating group) is 2. The van der Waals surface area contributed by atoms with Gasteiger partial charge in [-0.3, -0.25) is 4.79 Å². The van der Waals surface area contributed by atoms with Gasteiger partial charge in [0.05, 0.1) is 6.26 Å². The Morgan fingerprint density at radius 3 is 2.24 bits per heavy atom. The number of nitrogens with zero attached hydrogens (tertiary/aromatic N) is 2. The third kappa shape index (κ3) is 5.13. The number of aryl methyl sites for hydroxylation is 1. The van der Waals surface area contributed by atoms with E-state index in [0.29, 0.717) is 18.8 Å². The number of furan rings is 1. The Balaban J connectivity index is 2.49. The number of carbonyl (C=O) groups is 2. The summed E-state index contributed by atoms with van der Waals surface area (Å²) in [7, 11) is 3.32. The van der Waals surface area contributed by atoms with Crippen LogP contribution in [-0.2, 0) is 4.74 Å². The van der Waals surface area contributed by atoms with Crippen LogP contribution in [0.2, 0.25) is 0 Å². The van der Waals surface area contributed by atoms with Crippen molar-refractivity contribution in [1.82, 2.24) is 9.80 Å². The summed E-state index contributed by atoms with van der Waals surface area (Å²) in [5.41, 5.74) is 0.269. The lowest BCUT2D eigenvalue weighted by Crippen LogP contribution is -2.40. The second kappa shape index (κ2) is 6.65. The first-order valence-corrected chi connectivity index (χ1v) is 6.85. The van der Waals surface area contributed by atoms with Crippen LogP contribution < -0.4 is 0 Å². The molecule has 1 rings (SSSR count). The van der Waals surface area contributed by atoms with Crippen molar-refractivity contribution in [1.29, 1.82) is 0 Å². The first kappa shape index (κ1) is 17.1. The first-order chi connectivity index (χ1) is 9.61. The maximum absolute atomic E-state index is 12.1. The smallest absolute Gasteiger partial charge is 0.410 e. The minimum atomic E-state index is -0.529. The number of carbonyl (C=O) groups excluding carboxylic acids is 2. The van der Waals surface area contributed by atoms with Gasteiger partial charge in [0.2, 0.25) is 0 Å². The zero-order valence-electron chi connectivity index (χ0n) is 13.6. The monoisotopic (exact) mass is 296 g/mol.